The van der Waals surface area contributed by atoms with E-state index in [0.29, 0.717) is 27.9 Å². The first-order chi connectivity index (χ1) is 15.8. The van der Waals surface area contributed by atoms with E-state index < -0.39 is 12.1 Å². The third-order valence-corrected chi connectivity index (χ3v) is 6.27. The van der Waals surface area contributed by atoms with E-state index in [1.54, 1.807) is 38.5 Å². The Kier molecular flexibility index (Phi) is 6.77. The molecule has 3 aromatic rings. The Balaban J connectivity index is 1.63. The number of pyridine rings is 1. The van der Waals surface area contributed by atoms with Crippen molar-refractivity contribution >= 4 is 46.4 Å². The van der Waals surface area contributed by atoms with Crippen LogP contribution in [0.2, 0.25) is 10.0 Å². The number of halogens is 2. The third-order valence-electron chi connectivity index (χ3n) is 5.53. The summed E-state index contributed by atoms with van der Waals surface area (Å²) in [5, 5.41) is 3.72. The van der Waals surface area contributed by atoms with Gasteiger partial charge in [0.05, 0.1) is 21.4 Å². The van der Waals surface area contributed by atoms with Crippen LogP contribution < -0.4 is 10.2 Å². The van der Waals surface area contributed by atoms with Crippen LogP contribution in [0, 0.1) is 5.92 Å². The summed E-state index contributed by atoms with van der Waals surface area (Å²) in [6, 6.07) is 16.5. The smallest absolute Gasteiger partial charge is 0.272 e. The summed E-state index contributed by atoms with van der Waals surface area (Å²) >= 11 is 12.1. The number of hydrogen-bond acceptors (Lipinski definition) is 4. The fraction of sp³-hybridized carbons (Fsp3) is 0.200. The maximum Gasteiger partial charge on any atom is 0.272 e. The zero-order valence-electron chi connectivity index (χ0n) is 18.1. The Morgan fingerprint density at radius 2 is 1.91 bits per heavy atom. The van der Waals surface area contributed by atoms with Crippen molar-refractivity contribution < 1.29 is 9.59 Å². The van der Waals surface area contributed by atoms with Crippen LogP contribution in [0.1, 0.15) is 23.6 Å². The van der Waals surface area contributed by atoms with Crippen LogP contribution in [-0.2, 0) is 16.0 Å². The minimum absolute atomic E-state index is 0.284. The number of carbonyl (C=O) groups is 2. The first-order valence-corrected chi connectivity index (χ1v) is 11.2. The molecule has 2 atom stereocenters. The molecule has 1 N–H and O–H groups in total. The number of anilines is 1. The normalized spacial score (nSPS) is 16.5. The van der Waals surface area contributed by atoms with E-state index in [0.717, 1.165) is 16.7 Å². The lowest BCUT2D eigenvalue weighted by Gasteiger charge is -2.22. The zero-order valence-corrected chi connectivity index (χ0v) is 19.6. The van der Waals surface area contributed by atoms with E-state index in [4.69, 9.17) is 23.2 Å². The number of likely N-dealkylation sites (N-methyl/N-ethyl adjacent to an activating group) is 1. The number of aromatic nitrogens is 1. The number of nitrogens with one attached hydrogen (secondary N) is 1. The second-order valence-corrected chi connectivity index (χ2v) is 8.71. The van der Waals surface area contributed by atoms with Gasteiger partial charge in [-0.05, 0) is 42.3 Å². The van der Waals surface area contributed by atoms with Crippen molar-refractivity contribution in [2.24, 2.45) is 10.9 Å². The lowest BCUT2D eigenvalue weighted by Crippen LogP contribution is -2.47. The van der Waals surface area contributed by atoms with Gasteiger partial charge in [0, 0.05) is 36.5 Å². The molecule has 0 saturated heterocycles. The fourth-order valence-electron chi connectivity index (χ4n) is 3.74. The van der Waals surface area contributed by atoms with Crippen LogP contribution in [0.3, 0.4) is 0 Å². The van der Waals surface area contributed by atoms with E-state index >= 15 is 0 Å². The molecule has 0 spiro atoms. The summed E-state index contributed by atoms with van der Waals surface area (Å²) in [5.74, 6) is -1.02. The molecule has 1 aromatic heterocycles. The molecular weight excluding hydrogens is 459 g/mol. The van der Waals surface area contributed by atoms with Gasteiger partial charge in [0.25, 0.3) is 5.91 Å². The van der Waals surface area contributed by atoms with Crippen molar-refractivity contribution in [1.29, 1.82) is 0 Å². The second kappa shape index (κ2) is 9.73. The molecule has 1 aliphatic heterocycles. The van der Waals surface area contributed by atoms with E-state index in [-0.39, 0.29) is 11.8 Å². The van der Waals surface area contributed by atoms with Gasteiger partial charge in [-0.1, -0.05) is 54.4 Å². The number of carbonyl (C=O) groups excluding carboxylic acids is 2. The van der Waals surface area contributed by atoms with Gasteiger partial charge in [0.2, 0.25) is 12.1 Å². The molecule has 33 heavy (non-hydrogen) atoms. The SMILES string of the molecule is CC(Cc1ccc(Cl)c(Cl)c1)C(=O)NC1N=C(c2cccnc2)c2ccccc2N(C)C1=O. The lowest BCUT2D eigenvalue weighted by molar-refractivity contribution is -0.129. The number of fused-ring (bicyclic) bond motifs is 1. The maximum absolute atomic E-state index is 13.2. The third kappa shape index (κ3) is 4.92. The molecule has 168 valence electrons. The average Bonchev–Trinajstić information content (AvgIpc) is 2.92. The molecule has 6 nitrogen and oxygen atoms in total. The molecule has 0 fully saturated rings. The van der Waals surface area contributed by atoms with Gasteiger partial charge in [0.15, 0.2) is 0 Å². The Bertz CT molecular complexity index is 1230. The number of benzene rings is 2. The largest absolute Gasteiger partial charge is 0.326 e. The molecule has 2 unspecified atom stereocenters. The molecule has 2 amide bonds. The number of benzodiazepines with no additional fused rings is 1. The van der Waals surface area contributed by atoms with Crippen LogP contribution >= 0.6 is 23.2 Å². The highest BCUT2D eigenvalue weighted by Gasteiger charge is 2.31. The second-order valence-electron chi connectivity index (χ2n) is 7.90. The van der Waals surface area contributed by atoms with E-state index in [1.165, 1.54) is 4.90 Å². The highest BCUT2D eigenvalue weighted by molar-refractivity contribution is 6.42. The van der Waals surface area contributed by atoms with Crippen molar-refractivity contribution in [2.75, 3.05) is 11.9 Å². The fourth-order valence-corrected chi connectivity index (χ4v) is 4.06. The molecule has 1 aliphatic rings. The molecule has 2 aromatic carbocycles. The molecule has 0 bridgehead atoms. The number of aliphatic imine (C=N–C) groups is 1. The Morgan fingerprint density at radius 1 is 1.12 bits per heavy atom. The van der Waals surface area contributed by atoms with Crippen molar-refractivity contribution in [3.63, 3.8) is 0 Å². The summed E-state index contributed by atoms with van der Waals surface area (Å²) in [5.41, 5.74) is 3.74. The minimum Gasteiger partial charge on any atom is -0.326 e. The summed E-state index contributed by atoms with van der Waals surface area (Å²) in [6.45, 7) is 1.79. The molecular formula is C25H22Cl2N4O2. The number of hydrogen-bond donors (Lipinski definition) is 1. The minimum atomic E-state index is -1.07. The van der Waals surface area contributed by atoms with Gasteiger partial charge in [-0.2, -0.15) is 0 Å². The van der Waals surface area contributed by atoms with Crippen molar-refractivity contribution in [3.05, 3.63) is 93.7 Å². The van der Waals surface area contributed by atoms with Gasteiger partial charge >= 0.3 is 0 Å². The Hall–Kier alpha value is -3.22. The van der Waals surface area contributed by atoms with Crippen molar-refractivity contribution in [1.82, 2.24) is 10.3 Å². The van der Waals surface area contributed by atoms with Crippen molar-refractivity contribution in [3.8, 4) is 0 Å². The molecule has 2 heterocycles. The predicted molar refractivity (Wildman–Crippen MR) is 131 cm³/mol. The molecule has 0 radical (unpaired) electrons. The number of rotatable bonds is 5. The number of amides is 2. The van der Waals surface area contributed by atoms with Crippen LogP contribution in [0.4, 0.5) is 5.69 Å². The first kappa shape index (κ1) is 23.0. The first-order valence-electron chi connectivity index (χ1n) is 10.4. The highest BCUT2D eigenvalue weighted by Crippen LogP contribution is 2.27. The molecule has 4 rings (SSSR count). The molecule has 0 aliphatic carbocycles. The summed E-state index contributed by atoms with van der Waals surface area (Å²) in [6.07, 6.45) is 2.74. The van der Waals surface area contributed by atoms with Gasteiger partial charge in [-0.25, -0.2) is 4.99 Å². The monoisotopic (exact) mass is 480 g/mol. The number of para-hydroxylation sites is 1. The molecule has 0 saturated carbocycles. The van der Waals surface area contributed by atoms with Crippen molar-refractivity contribution in [2.45, 2.75) is 19.5 Å². The van der Waals surface area contributed by atoms with Crippen LogP contribution in [0.25, 0.3) is 0 Å². The Labute approximate surface area is 202 Å². The summed E-state index contributed by atoms with van der Waals surface area (Å²) in [7, 11) is 1.68. The maximum atomic E-state index is 13.2. The van der Waals surface area contributed by atoms with E-state index in [1.807, 2.05) is 42.5 Å². The highest BCUT2D eigenvalue weighted by atomic mass is 35.5. The van der Waals surface area contributed by atoms with Gasteiger partial charge in [0.1, 0.15) is 0 Å². The zero-order chi connectivity index (χ0) is 23.5. The van der Waals surface area contributed by atoms with Gasteiger partial charge in [-0.3, -0.25) is 14.6 Å². The lowest BCUT2D eigenvalue weighted by atomic mass is 10.0. The predicted octanol–water partition coefficient (Wildman–Crippen LogP) is 4.52. The Morgan fingerprint density at radius 3 is 2.64 bits per heavy atom. The van der Waals surface area contributed by atoms with Crippen LogP contribution in [0.5, 0.6) is 0 Å². The van der Waals surface area contributed by atoms with Crippen LogP contribution in [0.15, 0.2) is 72.0 Å². The van der Waals surface area contributed by atoms with Gasteiger partial charge in [-0.15, -0.1) is 0 Å². The standard InChI is InChI=1S/C25H22Cl2N4O2/c1-15(12-16-9-10-19(26)20(27)13-16)24(32)30-23-25(33)31(2)21-8-4-3-7-18(21)22(29-23)17-6-5-11-28-14-17/h3-11,13-15,23H,12H2,1-2H3,(H,30,32). The van der Waals surface area contributed by atoms with Gasteiger partial charge < -0.3 is 10.2 Å². The van der Waals surface area contributed by atoms with E-state index in [9.17, 15) is 9.59 Å². The quantitative estimate of drug-likeness (QED) is 0.582. The average molecular weight is 481 g/mol. The van der Waals surface area contributed by atoms with E-state index in [2.05, 4.69) is 15.3 Å². The topological polar surface area (TPSA) is 74.7 Å². The number of nitrogens with zero attached hydrogens (tertiary/aromatic N) is 3. The molecule has 8 heteroatoms. The summed E-state index contributed by atoms with van der Waals surface area (Å²) in [4.78, 5) is 36.7. The summed E-state index contributed by atoms with van der Waals surface area (Å²) < 4.78 is 0. The van der Waals surface area contributed by atoms with Crippen LogP contribution in [-0.4, -0.2) is 35.7 Å².